The van der Waals surface area contributed by atoms with E-state index in [9.17, 15) is 5.11 Å². The Bertz CT molecular complexity index is 579. The topological polar surface area (TPSA) is 83.3 Å². The first kappa shape index (κ1) is 11.8. The highest BCUT2D eigenvalue weighted by Crippen LogP contribution is 2.23. The lowest BCUT2D eigenvalue weighted by atomic mass is 10.2. The van der Waals surface area contributed by atoms with Crippen molar-refractivity contribution in [1.29, 1.82) is 0 Å². The second-order valence-electron chi connectivity index (χ2n) is 3.56. The zero-order valence-corrected chi connectivity index (χ0v) is 9.56. The van der Waals surface area contributed by atoms with Crippen molar-refractivity contribution in [3.63, 3.8) is 0 Å². The first-order valence-corrected chi connectivity index (χ1v) is 5.32. The fourth-order valence-corrected chi connectivity index (χ4v) is 1.40. The van der Waals surface area contributed by atoms with E-state index in [1.165, 1.54) is 12.3 Å². The molecular formula is C13H12N4O. The summed E-state index contributed by atoms with van der Waals surface area (Å²) in [5.41, 5.74) is 1.88. The average molecular weight is 240 g/mol. The van der Waals surface area contributed by atoms with Gasteiger partial charge in [-0.1, -0.05) is 18.2 Å². The van der Waals surface area contributed by atoms with Gasteiger partial charge in [-0.2, -0.15) is 15.3 Å². The van der Waals surface area contributed by atoms with E-state index in [0.29, 0.717) is 11.3 Å². The summed E-state index contributed by atoms with van der Waals surface area (Å²) in [5, 5.41) is 21.0. The molecular weight excluding hydrogens is 228 g/mol. The van der Waals surface area contributed by atoms with Crippen LogP contribution < -0.4 is 5.84 Å². The van der Waals surface area contributed by atoms with Gasteiger partial charge in [-0.05, 0) is 30.3 Å². The fraction of sp³-hybridized carbons (Fsp3) is 0. The van der Waals surface area contributed by atoms with Crippen LogP contribution in [0.4, 0.5) is 11.4 Å². The highest BCUT2D eigenvalue weighted by atomic mass is 16.3. The molecule has 3 N–H and O–H groups in total. The predicted octanol–water partition coefficient (Wildman–Crippen LogP) is 3.10. The second kappa shape index (κ2) is 5.58. The van der Waals surface area contributed by atoms with Gasteiger partial charge in [0.15, 0.2) is 0 Å². The molecule has 0 saturated carbocycles. The Balaban J connectivity index is 2.25. The van der Waals surface area contributed by atoms with Crippen molar-refractivity contribution in [2.75, 3.05) is 0 Å². The van der Waals surface area contributed by atoms with Gasteiger partial charge in [0.2, 0.25) is 0 Å². The maximum Gasteiger partial charge on any atom is 0.124 e. The second-order valence-corrected chi connectivity index (χ2v) is 3.56. The highest BCUT2D eigenvalue weighted by molar-refractivity contribution is 5.84. The van der Waals surface area contributed by atoms with Crippen LogP contribution in [0, 0.1) is 0 Å². The Morgan fingerprint density at radius 2 is 1.67 bits per heavy atom. The number of phenols is 1. The van der Waals surface area contributed by atoms with E-state index in [0.717, 1.165) is 5.69 Å². The first-order valence-electron chi connectivity index (χ1n) is 5.32. The molecule has 0 heterocycles. The normalized spacial score (nSPS) is 11.3. The number of hydrogen-bond donors (Lipinski definition) is 2. The van der Waals surface area contributed by atoms with Crippen LogP contribution in [0.3, 0.4) is 0 Å². The van der Waals surface area contributed by atoms with Crippen molar-refractivity contribution in [3.8, 4) is 5.75 Å². The zero-order chi connectivity index (χ0) is 12.8. The summed E-state index contributed by atoms with van der Waals surface area (Å²) in [6.45, 7) is 0. The van der Waals surface area contributed by atoms with Crippen LogP contribution in [0.15, 0.2) is 63.9 Å². The third-order valence-electron chi connectivity index (χ3n) is 2.26. The molecule has 0 aromatic heterocycles. The zero-order valence-electron chi connectivity index (χ0n) is 9.56. The SMILES string of the molecule is NN=Cc1cc(N=Nc2ccccc2)ccc1O. The van der Waals surface area contributed by atoms with Gasteiger partial charge in [-0.15, -0.1) is 0 Å². The summed E-state index contributed by atoms with van der Waals surface area (Å²) in [6, 6.07) is 14.2. The van der Waals surface area contributed by atoms with Crippen LogP contribution in [0.2, 0.25) is 0 Å². The predicted molar refractivity (Wildman–Crippen MR) is 70.5 cm³/mol. The van der Waals surface area contributed by atoms with E-state index in [-0.39, 0.29) is 5.75 Å². The minimum Gasteiger partial charge on any atom is -0.507 e. The number of nitrogens with two attached hydrogens (primary N) is 1. The molecule has 2 aromatic rings. The van der Waals surface area contributed by atoms with Crippen LogP contribution in [0.25, 0.3) is 0 Å². The molecule has 0 amide bonds. The number of aromatic hydroxyl groups is 1. The van der Waals surface area contributed by atoms with E-state index in [1.54, 1.807) is 12.1 Å². The summed E-state index contributed by atoms with van der Waals surface area (Å²) < 4.78 is 0. The average Bonchev–Trinajstić information content (AvgIpc) is 2.41. The molecule has 0 spiro atoms. The third kappa shape index (κ3) is 2.91. The molecule has 5 heteroatoms. The summed E-state index contributed by atoms with van der Waals surface area (Å²) in [5.74, 6) is 5.15. The van der Waals surface area contributed by atoms with E-state index < -0.39 is 0 Å². The van der Waals surface area contributed by atoms with Crippen LogP contribution >= 0.6 is 0 Å². The van der Waals surface area contributed by atoms with Crippen LogP contribution in [0.1, 0.15) is 5.56 Å². The van der Waals surface area contributed by atoms with Gasteiger partial charge in [0, 0.05) is 5.56 Å². The fourth-order valence-electron chi connectivity index (χ4n) is 1.40. The van der Waals surface area contributed by atoms with Gasteiger partial charge in [-0.25, -0.2) is 0 Å². The van der Waals surface area contributed by atoms with Gasteiger partial charge in [0.1, 0.15) is 5.75 Å². The molecule has 0 bridgehead atoms. The molecule has 0 atom stereocenters. The summed E-state index contributed by atoms with van der Waals surface area (Å²) in [4.78, 5) is 0. The quantitative estimate of drug-likeness (QED) is 0.374. The molecule has 5 nitrogen and oxygen atoms in total. The minimum absolute atomic E-state index is 0.0999. The smallest absolute Gasteiger partial charge is 0.124 e. The third-order valence-corrected chi connectivity index (χ3v) is 2.26. The van der Waals surface area contributed by atoms with Crippen molar-refractivity contribution >= 4 is 17.6 Å². The number of benzene rings is 2. The Labute approximate surface area is 104 Å². The molecule has 2 aromatic carbocycles. The highest BCUT2D eigenvalue weighted by Gasteiger charge is 1.99. The number of hydrogen-bond acceptors (Lipinski definition) is 5. The molecule has 0 saturated heterocycles. The number of rotatable bonds is 3. The molecule has 0 aliphatic heterocycles. The Hall–Kier alpha value is -2.69. The van der Waals surface area contributed by atoms with Gasteiger partial charge in [-0.3, -0.25) is 0 Å². The molecule has 0 radical (unpaired) electrons. The largest absolute Gasteiger partial charge is 0.507 e. The molecule has 18 heavy (non-hydrogen) atoms. The Kier molecular flexibility index (Phi) is 3.66. The molecule has 0 aliphatic carbocycles. The number of phenolic OH excluding ortho intramolecular Hbond substituents is 1. The Morgan fingerprint density at radius 3 is 2.39 bits per heavy atom. The maximum atomic E-state index is 9.53. The molecule has 0 fully saturated rings. The van der Waals surface area contributed by atoms with Gasteiger partial charge in [0.05, 0.1) is 17.6 Å². The number of azo groups is 1. The van der Waals surface area contributed by atoms with Crippen LogP contribution in [-0.2, 0) is 0 Å². The lowest BCUT2D eigenvalue weighted by molar-refractivity contribution is 0.474. The Morgan fingerprint density at radius 1 is 0.944 bits per heavy atom. The monoisotopic (exact) mass is 240 g/mol. The number of hydrazone groups is 1. The molecule has 2 rings (SSSR count). The van der Waals surface area contributed by atoms with Gasteiger partial charge >= 0.3 is 0 Å². The van der Waals surface area contributed by atoms with E-state index in [2.05, 4.69) is 15.3 Å². The van der Waals surface area contributed by atoms with Crippen LogP contribution in [-0.4, -0.2) is 11.3 Å². The van der Waals surface area contributed by atoms with Crippen LogP contribution in [0.5, 0.6) is 5.75 Å². The van der Waals surface area contributed by atoms with Gasteiger partial charge < -0.3 is 10.9 Å². The van der Waals surface area contributed by atoms with Crippen molar-refractivity contribution in [2.45, 2.75) is 0 Å². The lowest BCUT2D eigenvalue weighted by Gasteiger charge is -1.99. The summed E-state index contributed by atoms with van der Waals surface area (Å²) in [6.07, 6.45) is 1.36. The molecule has 0 aliphatic rings. The van der Waals surface area contributed by atoms with E-state index in [4.69, 9.17) is 5.84 Å². The standard InChI is InChI=1S/C13H12N4O/c14-15-9-10-8-12(6-7-13(10)18)17-16-11-4-2-1-3-5-11/h1-9,18H,14H2. The number of nitrogens with zero attached hydrogens (tertiary/aromatic N) is 3. The minimum atomic E-state index is 0.0999. The van der Waals surface area contributed by atoms with Crippen molar-refractivity contribution in [3.05, 3.63) is 54.1 Å². The van der Waals surface area contributed by atoms with Crippen molar-refractivity contribution in [2.24, 2.45) is 21.2 Å². The van der Waals surface area contributed by atoms with E-state index >= 15 is 0 Å². The maximum absolute atomic E-state index is 9.53. The summed E-state index contributed by atoms with van der Waals surface area (Å²) in [7, 11) is 0. The summed E-state index contributed by atoms with van der Waals surface area (Å²) >= 11 is 0. The lowest BCUT2D eigenvalue weighted by Crippen LogP contribution is -1.86. The first-order chi connectivity index (χ1) is 8.79. The van der Waals surface area contributed by atoms with Gasteiger partial charge in [0.25, 0.3) is 0 Å². The van der Waals surface area contributed by atoms with E-state index in [1.807, 2.05) is 30.3 Å². The van der Waals surface area contributed by atoms with Crippen molar-refractivity contribution in [1.82, 2.24) is 0 Å². The van der Waals surface area contributed by atoms with Crippen molar-refractivity contribution < 1.29 is 5.11 Å². The molecule has 0 unspecified atom stereocenters. The molecule has 90 valence electrons.